The molecule has 1 heterocycles. The fourth-order valence-corrected chi connectivity index (χ4v) is 4.15. The minimum absolute atomic E-state index is 0.129. The van der Waals surface area contributed by atoms with Gasteiger partial charge in [-0.3, -0.25) is 9.10 Å². The quantitative estimate of drug-likeness (QED) is 0.728. The average molecular weight is 382 g/mol. The highest BCUT2D eigenvalue weighted by atomic mass is 32.2. The topological polar surface area (TPSA) is 60.9 Å². The summed E-state index contributed by atoms with van der Waals surface area (Å²) in [6, 6.07) is 7.38. The SMILES string of the molecule is CCN(CC)c1ccc(N(CC(=O)N2CCC(C)CC2)S(C)(=O)=O)cc1. The summed E-state index contributed by atoms with van der Waals surface area (Å²) < 4.78 is 25.8. The summed E-state index contributed by atoms with van der Waals surface area (Å²) >= 11 is 0. The van der Waals surface area contributed by atoms with Gasteiger partial charge in [0.15, 0.2) is 0 Å². The summed E-state index contributed by atoms with van der Waals surface area (Å²) in [4.78, 5) is 16.6. The van der Waals surface area contributed by atoms with Gasteiger partial charge in [-0.25, -0.2) is 8.42 Å². The lowest BCUT2D eigenvalue weighted by Gasteiger charge is -2.32. The molecule has 0 atom stereocenters. The van der Waals surface area contributed by atoms with E-state index in [2.05, 4.69) is 25.7 Å². The maximum absolute atomic E-state index is 12.6. The molecular weight excluding hydrogens is 350 g/mol. The number of rotatable bonds is 7. The van der Waals surface area contributed by atoms with Crippen LogP contribution >= 0.6 is 0 Å². The number of likely N-dealkylation sites (tertiary alicyclic amines) is 1. The van der Waals surface area contributed by atoms with Crippen molar-refractivity contribution < 1.29 is 13.2 Å². The van der Waals surface area contributed by atoms with E-state index in [0.29, 0.717) is 24.7 Å². The molecule has 26 heavy (non-hydrogen) atoms. The first kappa shape index (κ1) is 20.6. The van der Waals surface area contributed by atoms with Crippen molar-refractivity contribution in [2.75, 3.05) is 48.2 Å². The van der Waals surface area contributed by atoms with E-state index in [0.717, 1.165) is 37.9 Å². The van der Waals surface area contributed by atoms with Crippen LogP contribution in [0.5, 0.6) is 0 Å². The number of benzene rings is 1. The van der Waals surface area contributed by atoms with E-state index in [1.807, 2.05) is 12.1 Å². The van der Waals surface area contributed by atoms with Crippen LogP contribution in [0, 0.1) is 5.92 Å². The lowest BCUT2D eigenvalue weighted by atomic mass is 9.99. The Morgan fingerprint density at radius 1 is 1.08 bits per heavy atom. The third-order valence-electron chi connectivity index (χ3n) is 5.08. The Labute approximate surface area is 157 Å². The first-order valence-electron chi connectivity index (χ1n) is 9.36. The normalized spacial score (nSPS) is 15.8. The van der Waals surface area contributed by atoms with Gasteiger partial charge < -0.3 is 9.80 Å². The van der Waals surface area contributed by atoms with E-state index in [1.165, 1.54) is 4.31 Å². The lowest BCUT2D eigenvalue weighted by molar-refractivity contribution is -0.130. The van der Waals surface area contributed by atoms with Gasteiger partial charge in [0.2, 0.25) is 15.9 Å². The van der Waals surface area contributed by atoms with Crippen molar-refractivity contribution >= 4 is 27.3 Å². The van der Waals surface area contributed by atoms with Gasteiger partial charge in [-0.1, -0.05) is 6.92 Å². The van der Waals surface area contributed by atoms with E-state index in [1.54, 1.807) is 17.0 Å². The number of sulfonamides is 1. The third-order valence-corrected chi connectivity index (χ3v) is 6.22. The van der Waals surface area contributed by atoms with E-state index < -0.39 is 10.0 Å². The Morgan fingerprint density at radius 3 is 2.04 bits per heavy atom. The minimum Gasteiger partial charge on any atom is -0.372 e. The van der Waals surface area contributed by atoms with Crippen LogP contribution < -0.4 is 9.21 Å². The van der Waals surface area contributed by atoms with Crippen molar-refractivity contribution in [2.45, 2.75) is 33.6 Å². The summed E-state index contributed by atoms with van der Waals surface area (Å²) in [5.41, 5.74) is 1.57. The predicted molar refractivity (Wildman–Crippen MR) is 107 cm³/mol. The molecule has 0 saturated carbocycles. The maximum Gasteiger partial charge on any atom is 0.243 e. The second-order valence-electron chi connectivity index (χ2n) is 7.02. The van der Waals surface area contributed by atoms with Crippen LogP contribution in [-0.4, -0.2) is 58.2 Å². The number of piperidine rings is 1. The van der Waals surface area contributed by atoms with Gasteiger partial charge in [-0.2, -0.15) is 0 Å². The number of nitrogens with zero attached hydrogens (tertiary/aromatic N) is 3. The molecule has 1 aliphatic rings. The fourth-order valence-electron chi connectivity index (χ4n) is 3.30. The highest BCUT2D eigenvalue weighted by Gasteiger charge is 2.26. The van der Waals surface area contributed by atoms with Crippen molar-refractivity contribution in [3.63, 3.8) is 0 Å². The molecule has 1 amide bonds. The molecule has 1 aliphatic heterocycles. The van der Waals surface area contributed by atoms with Gasteiger partial charge in [0.25, 0.3) is 0 Å². The molecule has 1 saturated heterocycles. The molecule has 1 aromatic rings. The second kappa shape index (κ2) is 8.75. The van der Waals surface area contributed by atoms with Crippen molar-refractivity contribution in [1.29, 1.82) is 0 Å². The standard InChI is InChI=1S/C19H31N3O3S/c1-5-20(6-2)17-7-9-18(10-8-17)22(26(4,24)25)15-19(23)21-13-11-16(3)12-14-21/h7-10,16H,5-6,11-15H2,1-4H3. The van der Waals surface area contributed by atoms with Crippen molar-refractivity contribution in [1.82, 2.24) is 4.90 Å². The zero-order valence-electron chi connectivity index (χ0n) is 16.3. The van der Waals surface area contributed by atoms with E-state index in [-0.39, 0.29) is 12.5 Å². The Balaban J connectivity index is 2.16. The zero-order valence-corrected chi connectivity index (χ0v) is 17.1. The molecule has 0 radical (unpaired) electrons. The molecule has 0 spiro atoms. The number of hydrogen-bond acceptors (Lipinski definition) is 4. The summed E-state index contributed by atoms with van der Waals surface area (Å²) in [6.45, 7) is 9.39. The molecule has 2 rings (SSSR count). The molecule has 0 unspecified atom stereocenters. The summed E-state index contributed by atoms with van der Waals surface area (Å²) in [5.74, 6) is 0.493. The minimum atomic E-state index is -3.53. The Hall–Kier alpha value is -1.76. The van der Waals surface area contributed by atoms with Crippen LogP contribution in [0.4, 0.5) is 11.4 Å². The molecule has 7 heteroatoms. The van der Waals surface area contributed by atoms with Gasteiger partial charge in [0.05, 0.1) is 11.9 Å². The zero-order chi connectivity index (χ0) is 19.3. The molecule has 0 bridgehead atoms. The van der Waals surface area contributed by atoms with Gasteiger partial charge in [-0.15, -0.1) is 0 Å². The summed E-state index contributed by atoms with van der Waals surface area (Å²) in [6.07, 6.45) is 3.10. The van der Waals surface area contributed by atoms with Gasteiger partial charge >= 0.3 is 0 Å². The van der Waals surface area contributed by atoms with E-state index in [4.69, 9.17) is 0 Å². The van der Waals surface area contributed by atoms with Crippen molar-refractivity contribution in [3.05, 3.63) is 24.3 Å². The second-order valence-corrected chi connectivity index (χ2v) is 8.93. The summed E-state index contributed by atoms with van der Waals surface area (Å²) in [5, 5.41) is 0. The van der Waals surface area contributed by atoms with Crippen LogP contribution in [0.3, 0.4) is 0 Å². The molecule has 6 nitrogen and oxygen atoms in total. The highest BCUT2D eigenvalue weighted by Crippen LogP contribution is 2.23. The van der Waals surface area contributed by atoms with Crippen LogP contribution in [0.25, 0.3) is 0 Å². The van der Waals surface area contributed by atoms with Crippen LogP contribution in [0.15, 0.2) is 24.3 Å². The first-order valence-corrected chi connectivity index (χ1v) is 11.2. The van der Waals surface area contributed by atoms with Crippen LogP contribution in [0.2, 0.25) is 0 Å². The fraction of sp³-hybridized carbons (Fsp3) is 0.632. The Morgan fingerprint density at radius 2 is 1.58 bits per heavy atom. The number of carbonyl (C=O) groups is 1. The summed E-state index contributed by atoms with van der Waals surface area (Å²) in [7, 11) is -3.53. The number of carbonyl (C=O) groups excluding carboxylic acids is 1. The van der Waals surface area contributed by atoms with Crippen LogP contribution in [-0.2, 0) is 14.8 Å². The van der Waals surface area contributed by atoms with E-state index >= 15 is 0 Å². The molecule has 0 aromatic heterocycles. The molecule has 0 N–H and O–H groups in total. The Bertz CT molecular complexity index is 691. The number of hydrogen-bond donors (Lipinski definition) is 0. The molecule has 0 aliphatic carbocycles. The molecule has 146 valence electrons. The smallest absolute Gasteiger partial charge is 0.243 e. The van der Waals surface area contributed by atoms with Crippen molar-refractivity contribution in [2.24, 2.45) is 5.92 Å². The third kappa shape index (κ3) is 5.13. The molecule has 1 aromatic carbocycles. The van der Waals surface area contributed by atoms with Gasteiger partial charge in [0.1, 0.15) is 6.54 Å². The number of amides is 1. The van der Waals surface area contributed by atoms with E-state index in [9.17, 15) is 13.2 Å². The van der Waals surface area contributed by atoms with Crippen molar-refractivity contribution in [3.8, 4) is 0 Å². The largest absolute Gasteiger partial charge is 0.372 e. The van der Waals surface area contributed by atoms with Gasteiger partial charge in [-0.05, 0) is 56.9 Å². The molecular formula is C19H31N3O3S. The first-order chi connectivity index (χ1) is 12.3. The lowest BCUT2D eigenvalue weighted by Crippen LogP contribution is -2.45. The number of anilines is 2. The maximum atomic E-state index is 12.6. The van der Waals surface area contributed by atoms with Crippen LogP contribution in [0.1, 0.15) is 33.6 Å². The Kier molecular flexibility index (Phi) is 6.92. The highest BCUT2D eigenvalue weighted by molar-refractivity contribution is 7.92. The monoisotopic (exact) mass is 381 g/mol. The predicted octanol–water partition coefficient (Wildman–Crippen LogP) is 2.56. The van der Waals surface area contributed by atoms with Gasteiger partial charge in [0, 0.05) is 31.9 Å². The molecule has 1 fully saturated rings. The average Bonchev–Trinajstić information content (AvgIpc) is 2.61.